The number of benzene rings is 2. The molecule has 1 aromatic heterocycles. The third-order valence-electron chi connectivity index (χ3n) is 5.18. The smallest absolute Gasteiger partial charge is 0.338 e. The van der Waals surface area contributed by atoms with Gasteiger partial charge in [0.2, 0.25) is 0 Å². The van der Waals surface area contributed by atoms with Gasteiger partial charge in [0.25, 0.3) is 0 Å². The summed E-state index contributed by atoms with van der Waals surface area (Å²) in [5.41, 5.74) is 3.60. The lowest BCUT2D eigenvalue weighted by molar-refractivity contribution is 0.0473. The van der Waals surface area contributed by atoms with Crippen molar-refractivity contribution in [3.05, 3.63) is 69.1 Å². The van der Waals surface area contributed by atoms with Crippen molar-refractivity contribution in [1.29, 1.82) is 0 Å². The van der Waals surface area contributed by atoms with E-state index in [0.29, 0.717) is 41.4 Å². The minimum Gasteiger partial charge on any atom is -0.486 e. The maximum absolute atomic E-state index is 12.5. The van der Waals surface area contributed by atoms with Crippen molar-refractivity contribution in [3.8, 4) is 11.5 Å². The van der Waals surface area contributed by atoms with Gasteiger partial charge in [0.1, 0.15) is 25.4 Å². The molecule has 28 heavy (non-hydrogen) atoms. The molecule has 1 aliphatic heterocycles. The molecule has 1 aliphatic carbocycles. The summed E-state index contributed by atoms with van der Waals surface area (Å²) in [7, 11) is 0. The highest BCUT2D eigenvalue weighted by molar-refractivity contribution is 5.90. The molecule has 5 rings (SSSR count). The SMILES string of the molecule is O=C(OCc1cc(=O)oc2cc3c(cc12)CCC3)c1ccc2c(c1)OCCO2. The van der Waals surface area contributed by atoms with Crippen LogP contribution in [0.4, 0.5) is 0 Å². The van der Waals surface area contributed by atoms with Gasteiger partial charge in [0.15, 0.2) is 11.5 Å². The van der Waals surface area contributed by atoms with Crippen LogP contribution < -0.4 is 15.1 Å². The summed E-state index contributed by atoms with van der Waals surface area (Å²) in [6.45, 7) is 0.930. The Morgan fingerprint density at radius 2 is 1.75 bits per heavy atom. The van der Waals surface area contributed by atoms with Gasteiger partial charge in [-0.05, 0) is 60.7 Å². The van der Waals surface area contributed by atoms with Gasteiger partial charge in [-0.15, -0.1) is 0 Å². The lowest BCUT2D eigenvalue weighted by Gasteiger charge is -2.18. The zero-order chi connectivity index (χ0) is 19.1. The molecule has 0 saturated carbocycles. The summed E-state index contributed by atoms with van der Waals surface area (Å²) in [6.07, 6.45) is 3.11. The Morgan fingerprint density at radius 1 is 0.964 bits per heavy atom. The molecule has 0 N–H and O–H groups in total. The van der Waals surface area contributed by atoms with Gasteiger partial charge in [0, 0.05) is 17.0 Å². The average Bonchev–Trinajstić information content (AvgIpc) is 3.17. The normalized spacial score (nSPS) is 14.7. The molecule has 142 valence electrons. The topological polar surface area (TPSA) is 75.0 Å². The van der Waals surface area contributed by atoms with E-state index >= 15 is 0 Å². The quantitative estimate of drug-likeness (QED) is 0.514. The fourth-order valence-electron chi connectivity index (χ4n) is 3.81. The molecule has 2 aromatic carbocycles. The first-order chi connectivity index (χ1) is 13.7. The fourth-order valence-corrected chi connectivity index (χ4v) is 3.81. The van der Waals surface area contributed by atoms with Crippen LogP contribution in [-0.2, 0) is 24.2 Å². The number of hydrogen-bond acceptors (Lipinski definition) is 6. The number of fused-ring (bicyclic) bond motifs is 3. The predicted octanol–water partition coefficient (Wildman–Crippen LogP) is 3.41. The van der Waals surface area contributed by atoms with Crippen molar-refractivity contribution < 1.29 is 23.4 Å². The third-order valence-corrected chi connectivity index (χ3v) is 5.18. The summed E-state index contributed by atoms with van der Waals surface area (Å²) in [5.74, 6) is 0.657. The molecule has 0 bridgehead atoms. The minimum absolute atomic E-state index is 0.00579. The van der Waals surface area contributed by atoms with E-state index in [9.17, 15) is 9.59 Å². The van der Waals surface area contributed by atoms with Crippen LogP contribution in [0.1, 0.15) is 33.5 Å². The van der Waals surface area contributed by atoms with Gasteiger partial charge >= 0.3 is 11.6 Å². The van der Waals surface area contributed by atoms with Crippen LogP contribution in [0.3, 0.4) is 0 Å². The Hall–Kier alpha value is -3.28. The summed E-state index contributed by atoms with van der Waals surface area (Å²) < 4.78 is 21.8. The highest BCUT2D eigenvalue weighted by atomic mass is 16.6. The highest BCUT2D eigenvalue weighted by Gasteiger charge is 2.18. The van der Waals surface area contributed by atoms with E-state index in [2.05, 4.69) is 0 Å². The second-order valence-corrected chi connectivity index (χ2v) is 7.00. The maximum Gasteiger partial charge on any atom is 0.338 e. The van der Waals surface area contributed by atoms with Crippen LogP contribution in [0.5, 0.6) is 11.5 Å². The van der Waals surface area contributed by atoms with Crippen molar-refractivity contribution >= 4 is 16.9 Å². The summed E-state index contributed by atoms with van der Waals surface area (Å²) in [6, 6.07) is 10.3. The molecule has 0 saturated heterocycles. The monoisotopic (exact) mass is 378 g/mol. The van der Waals surface area contributed by atoms with Crippen molar-refractivity contribution in [2.24, 2.45) is 0 Å². The number of rotatable bonds is 3. The van der Waals surface area contributed by atoms with Gasteiger partial charge in [-0.25, -0.2) is 9.59 Å². The van der Waals surface area contributed by atoms with Crippen LogP contribution in [0.25, 0.3) is 11.0 Å². The van der Waals surface area contributed by atoms with E-state index in [4.69, 9.17) is 18.6 Å². The Labute approximate surface area is 160 Å². The standard InChI is InChI=1S/C22H18O6/c23-21-11-16(17-8-13-2-1-3-14(13)9-19(17)28-21)12-27-22(24)15-4-5-18-20(10-15)26-7-6-25-18/h4-5,8-11H,1-3,6-7,12H2. The molecular weight excluding hydrogens is 360 g/mol. The van der Waals surface area contributed by atoms with Gasteiger partial charge in [-0.3, -0.25) is 0 Å². The van der Waals surface area contributed by atoms with Crippen molar-refractivity contribution in [3.63, 3.8) is 0 Å². The fraction of sp³-hybridized carbons (Fsp3) is 0.273. The van der Waals surface area contributed by atoms with Crippen LogP contribution in [0.15, 0.2) is 45.6 Å². The van der Waals surface area contributed by atoms with Gasteiger partial charge in [0.05, 0.1) is 5.56 Å². The number of esters is 1. The largest absolute Gasteiger partial charge is 0.486 e. The molecule has 0 unspecified atom stereocenters. The molecular formula is C22H18O6. The van der Waals surface area contributed by atoms with Crippen LogP contribution in [0, 0.1) is 0 Å². The molecule has 2 heterocycles. The van der Waals surface area contributed by atoms with Crippen molar-refractivity contribution in [2.45, 2.75) is 25.9 Å². The molecule has 0 atom stereocenters. The first kappa shape index (κ1) is 16.9. The number of carbonyl (C=O) groups is 1. The summed E-state index contributed by atoms with van der Waals surface area (Å²) in [5, 5.41) is 0.815. The number of hydrogen-bond donors (Lipinski definition) is 0. The molecule has 0 spiro atoms. The Kier molecular flexibility index (Phi) is 4.04. The van der Waals surface area contributed by atoms with E-state index in [1.165, 1.54) is 17.2 Å². The third kappa shape index (κ3) is 3.01. The summed E-state index contributed by atoms with van der Waals surface area (Å²) in [4.78, 5) is 24.4. The van der Waals surface area contributed by atoms with Crippen LogP contribution in [0.2, 0.25) is 0 Å². The molecule has 0 amide bonds. The molecule has 2 aliphatic rings. The molecule has 6 nitrogen and oxygen atoms in total. The summed E-state index contributed by atoms with van der Waals surface area (Å²) >= 11 is 0. The Morgan fingerprint density at radius 3 is 2.61 bits per heavy atom. The maximum atomic E-state index is 12.5. The van der Waals surface area contributed by atoms with Crippen LogP contribution >= 0.6 is 0 Å². The van der Waals surface area contributed by atoms with E-state index in [1.807, 2.05) is 12.1 Å². The van der Waals surface area contributed by atoms with E-state index in [1.54, 1.807) is 18.2 Å². The van der Waals surface area contributed by atoms with Crippen molar-refractivity contribution in [1.82, 2.24) is 0 Å². The second kappa shape index (κ2) is 6.71. The first-order valence-corrected chi connectivity index (χ1v) is 9.33. The molecule has 6 heteroatoms. The molecule has 0 fully saturated rings. The number of aryl methyl sites for hydroxylation is 2. The number of carbonyl (C=O) groups excluding carboxylic acids is 1. The lowest BCUT2D eigenvalue weighted by Crippen LogP contribution is -2.16. The highest BCUT2D eigenvalue weighted by Crippen LogP contribution is 2.31. The van der Waals surface area contributed by atoms with Crippen LogP contribution in [-0.4, -0.2) is 19.2 Å². The second-order valence-electron chi connectivity index (χ2n) is 7.00. The van der Waals surface area contributed by atoms with E-state index in [-0.39, 0.29) is 6.61 Å². The van der Waals surface area contributed by atoms with Gasteiger partial charge < -0.3 is 18.6 Å². The van der Waals surface area contributed by atoms with E-state index in [0.717, 1.165) is 24.6 Å². The molecule has 0 radical (unpaired) electrons. The lowest BCUT2D eigenvalue weighted by atomic mass is 10.0. The van der Waals surface area contributed by atoms with E-state index < -0.39 is 11.6 Å². The zero-order valence-corrected chi connectivity index (χ0v) is 15.2. The predicted molar refractivity (Wildman–Crippen MR) is 101 cm³/mol. The van der Waals surface area contributed by atoms with Gasteiger partial charge in [-0.2, -0.15) is 0 Å². The first-order valence-electron chi connectivity index (χ1n) is 9.33. The number of ether oxygens (including phenoxy) is 3. The van der Waals surface area contributed by atoms with Crippen molar-refractivity contribution in [2.75, 3.05) is 13.2 Å². The molecule has 3 aromatic rings. The zero-order valence-electron chi connectivity index (χ0n) is 15.2. The minimum atomic E-state index is -0.487. The Balaban J connectivity index is 1.41. The van der Waals surface area contributed by atoms with Gasteiger partial charge in [-0.1, -0.05) is 0 Å². The average molecular weight is 378 g/mol. The Bertz CT molecular complexity index is 1140.